The summed E-state index contributed by atoms with van der Waals surface area (Å²) in [7, 11) is 0. The van der Waals surface area contributed by atoms with Crippen LogP contribution in [0.25, 0.3) is 0 Å². The van der Waals surface area contributed by atoms with Gasteiger partial charge in [-0.05, 0) is 6.42 Å². The molecule has 4 heteroatoms. The molecule has 1 atom stereocenters. The van der Waals surface area contributed by atoms with Crippen molar-refractivity contribution >= 4 is 5.91 Å². The fourth-order valence-corrected chi connectivity index (χ4v) is 1.19. The third-order valence-electron chi connectivity index (χ3n) is 1.93. The van der Waals surface area contributed by atoms with E-state index in [1.807, 2.05) is 0 Å². The van der Waals surface area contributed by atoms with Gasteiger partial charge in [-0.15, -0.1) is 0 Å². The van der Waals surface area contributed by atoms with E-state index in [0.717, 1.165) is 13.0 Å². The molecule has 0 aromatic carbocycles. The van der Waals surface area contributed by atoms with Crippen molar-refractivity contribution in [2.75, 3.05) is 19.7 Å². The highest BCUT2D eigenvalue weighted by Gasteiger charge is 2.18. The second-order valence-corrected chi connectivity index (χ2v) is 3.03. The minimum Gasteiger partial charge on any atom is -0.394 e. The number of nitrogens with two attached hydrogens (primary N) is 1. The van der Waals surface area contributed by atoms with Gasteiger partial charge >= 0.3 is 0 Å². The van der Waals surface area contributed by atoms with Crippen molar-refractivity contribution in [3.8, 4) is 11.8 Å². The molecule has 0 aromatic heterocycles. The molecule has 1 saturated heterocycles. The maximum Gasteiger partial charge on any atom is 0.223 e. The summed E-state index contributed by atoms with van der Waals surface area (Å²) in [5.74, 6) is 5.60. The number of likely N-dealkylation sites (tertiary alicyclic amines) is 1. The Morgan fingerprint density at radius 3 is 3.00 bits per heavy atom. The molecule has 1 amide bonds. The van der Waals surface area contributed by atoms with Gasteiger partial charge in [-0.25, -0.2) is 0 Å². The summed E-state index contributed by atoms with van der Waals surface area (Å²) in [6, 6.07) is -0.488. The average Bonchev–Trinajstić information content (AvgIpc) is 2.52. The predicted octanol–water partition coefficient (Wildman–Crippen LogP) is -1.07. The molecule has 0 aromatic rings. The normalized spacial score (nSPS) is 18.3. The quantitative estimate of drug-likeness (QED) is 0.534. The zero-order valence-corrected chi connectivity index (χ0v) is 7.49. The standard InChI is InChI=1S/C9H14N2O2/c10-8(7-12)3-1-5-11-6-2-4-9(11)13/h8,12H,2,4-7,10H2. The molecule has 1 aliphatic heterocycles. The number of hydrogen-bond donors (Lipinski definition) is 2. The number of hydrogen-bond acceptors (Lipinski definition) is 3. The molecule has 0 saturated carbocycles. The average molecular weight is 182 g/mol. The van der Waals surface area contributed by atoms with Crippen molar-refractivity contribution < 1.29 is 9.90 Å². The molecule has 0 spiro atoms. The van der Waals surface area contributed by atoms with Gasteiger partial charge < -0.3 is 15.7 Å². The van der Waals surface area contributed by atoms with Crippen LogP contribution >= 0.6 is 0 Å². The van der Waals surface area contributed by atoms with Crippen molar-refractivity contribution in [3.63, 3.8) is 0 Å². The van der Waals surface area contributed by atoms with Gasteiger partial charge in [0, 0.05) is 13.0 Å². The predicted molar refractivity (Wildman–Crippen MR) is 48.7 cm³/mol. The number of carbonyl (C=O) groups excluding carboxylic acids is 1. The summed E-state index contributed by atoms with van der Waals surface area (Å²) >= 11 is 0. The molecule has 4 nitrogen and oxygen atoms in total. The molecule has 13 heavy (non-hydrogen) atoms. The smallest absolute Gasteiger partial charge is 0.223 e. The summed E-state index contributed by atoms with van der Waals surface area (Å²) in [6.45, 7) is 1.09. The molecular weight excluding hydrogens is 168 g/mol. The first-order chi connectivity index (χ1) is 6.24. The van der Waals surface area contributed by atoms with E-state index in [1.54, 1.807) is 4.90 Å². The Balaban J connectivity index is 2.31. The summed E-state index contributed by atoms with van der Waals surface area (Å²) in [5.41, 5.74) is 5.37. The van der Waals surface area contributed by atoms with E-state index in [2.05, 4.69) is 11.8 Å². The Morgan fingerprint density at radius 1 is 1.69 bits per heavy atom. The van der Waals surface area contributed by atoms with Gasteiger partial charge in [0.05, 0.1) is 19.2 Å². The van der Waals surface area contributed by atoms with E-state index in [0.29, 0.717) is 13.0 Å². The van der Waals surface area contributed by atoms with Crippen LogP contribution in [0.5, 0.6) is 0 Å². The van der Waals surface area contributed by atoms with Crippen molar-refractivity contribution in [2.45, 2.75) is 18.9 Å². The Morgan fingerprint density at radius 2 is 2.46 bits per heavy atom. The lowest BCUT2D eigenvalue weighted by atomic mass is 10.3. The first-order valence-electron chi connectivity index (χ1n) is 4.36. The van der Waals surface area contributed by atoms with Crippen LogP contribution in [0.4, 0.5) is 0 Å². The third kappa shape index (κ3) is 3.05. The first-order valence-corrected chi connectivity index (χ1v) is 4.36. The van der Waals surface area contributed by atoms with Crippen LogP contribution in [0.15, 0.2) is 0 Å². The lowest BCUT2D eigenvalue weighted by molar-refractivity contribution is -0.127. The largest absolute Gasteiger partial charge is 0.394 e. The van der Waals surface area contributed by atoms with E-state index >= 15 is 0 Å². The van der Waals surface area contributed by atoms with Crippen molar-refractivity contribution in [2.24, 2.45) is 5.73 Å². The number of nitrogens with zero attached hydrogens (tertiary/aromatic N) is 1. The molecule has 0 bridgehead atoms. The molecule has 1 rings (SSSR count). The van der Waals surface area contributed by atoms with E-state index in [4.69, 9.17) is 10.8 Å². The highest BCUT2D eigenvalue weighted by atomic mass is 16.3. The molecule has 3 N–H and O–H groups in total. The topological polar surface area (TPSA) is 66.6 Å². The van der Waals surface area contributed by atoms with Gasteiger partial charge in [0.2, 0.25) is 5.91 Å². The molecule has 72 valence electrons. The summed E-state index contributed by atoms with van der Waals surface area (Å²) in [5, 5.41) is 8.57. The van der Waals surface area contributed by atoms with Crippen LogP contribution in [0, 0.1) is 11.8 Å². The third-order valence-corrected chi connectivity index (χ3v) is 1.93. The van der Waals surface area contributed by atoms with Gasteiger partial charge in [-0.1, -0.05) is 11.8 Å². The fraction of sp³-hybridized carbons (Fsp3) is 0.667. The van der Waals surface area contributed by atoms with Crippen LogP contribution in [-0.2, 0) is 4.79 Å². The number of aliphatic hydroxyl groups is 1. The molecule has 1 heterocycles. The van der Waals surface area contributed by atoms with E-state index < -0.39 is 6.04 Å². The molecular formula is C9H14N2O2. The Bertz CT molecular complexity index is 242. The Hall–Kier alpha value is -1.05. The fourth-order valence-electron chi connectivity index (χ4n) is 1.19. The summed E-state index contributed by atoms with van der Waals surface area (Å²) in [6.07, 6.45) is 1.56. The second-order valence-electron chi connectivity index (χ2n) is 3.03. The SMILES string of the molecule is NC(C#CCN1CCCC1=O)CO. The number of aliphatic hydroxyl groups excluding tert-OH is 1. The maximum absolute atomic E-state index is 11.1. The highest BCUT2D eigenvalue weighted by molar-refractivity contribution is 5.78. The minimum absolute atomic E-state index is 0.138. The van der Waals surface area contributed by atoms with Crippen molar-refractivity contribution in [1.82, 2.24) is 4.90 Å². The van der Waals surface area contributed by atoms with Crippen LogP contribution in [-0.4, -0.2) is 41.7 Å². The van der Waals surface area contributed by atoms with Crippen LogP contribution in [0.1, 0.15) is 12.8 Å². The molecule has 1 aliphatic rings. The molecule has 0 aliphatic carbocycles. The van der Waals surface area contributed by atoms with Crippen LogP contribution < -0.4 is 5.73 Å². The summed E-state index contributed by atoms with van der Waals surface area (Å²) < 4.78 is 0. The number of rotatable bonds is 2. The second kappa shape index (κ2) is 4.85. The van der Waals surface area contributed by atoms with Crippen molar-refractivity contribution in [3.05, 3.63) is 0 Å². The van der Waals surface area contributed by atoms with E-state index in [9.17, 15) is 4.79 Å². The van der Waals surface area contributed by atoms with E-state index in [-0.39, 0.29) is 12.5 Å². The van der Waals surface area contributed by atoms with Crippen LogP contribution in [0.3, 0.4) is 0 Å². The van der Waals surface area contributed by atoms with Crippen LogP contribution in [0.2, 0.25) is 0 Å². The van der Waals surface area contributed by atoms with Gasteiger partial charge in [-0.3, -0.25) is 4.79 Å². The highest BCUT2D eigenvalue weighted by Crippen LogP contribution is 2.07. The van der Waals surface area contributed by atoms with Gasteiger partial charge in [0.15, 0.2) is 0 Å². The monoisotopic (exact) mass is 182 g/mol. The lowest BCUT2D eigenvalue weighted by Gasteiger charge is -2.10. The van der Waals surface area contributed by atoms with E-state index in [1.165, 1.54) is 0 Å². The molecule has 1 unspecified atom stereocenters. The summed E-state index contributed by atoms with van der Waals surface area (Å²) in [4.78, 5) is 12.8. The molecule has 1 fully saturated rings. The van der Waals surface area contributed by atoms with Gasteiger partial charge in [-0.2, -0.15) is 0 Å². The lowest BCUT2D eigenvalue weighted by Crippen LogP contribution is -2.26. The Labute approximate surface area is 77.7 Å². The van der Waals surface area contributed by atoms with Crippen molar-refractivity contribution in [1.29, 1.82) is 0 Å². The first kappa shape index (κ1) is 10.0. The maximum atomic E-state index is 11.1. The minimum atomic E-state index is -0.488. The number of carbonyl (C=O) groups is 1. The zero-order chi connectivity index (χ0) is 9.68. The molecule has 0 radical (unpaired) electrons. The zero-order valence-electron chi connectivity index (χ0n) is 7.49. The van der Waals surface area contributed by atoms with Gasteiger partial charge in [0.25, 0.3) is 0 Å². The Kier molecular flexibility index (Phi) is 3.74. The van der Waals surface area contributed by atoms with Gasteiger partial charge in [0.1, 0.15) is 0 Å². The number of amides is 1.